The molecule has 0 aliphatic rings. The highest BCUT2D eigenvalue weighted by Gasteiger charge is 2.30. The van der Waals surface area contributed by atoms with Crippen LogP contribution in [-0.4, -0.2) is 115 Å². The molecule has 0 saturated carbocycles. The van der Waals surface area contributed by atoms with Crippen LogP contribution in [0.5, 0.6) is 0 Å². The largest absolute Gasteiger partial charge is 0.480 e. The molecule has 0 saturated heterocycles. The SMILES string of the molecule is COC(=O)/C=C/C(=O)NCC(N)C(=O)NC(CCSC)C(=O)NC(CCSC)C(=O)NC(CCSC)C(=O)O. The Morgan fingerprint density at radius 2 is 1.21 bits per heavy atom. The second kappa shape index (κ2) is 21.4. The second-order valence-corrected chi connectivity index (χ2v) is 11.0. The Labute approximate surface area is 241 Å². The Hall–Kier alpha value is -2.43. The van der Waals surface area contributed by atoms with Crippen molar-refractivity contribution in [3.05, 3.63) is 12.2 Å². The number of amides is 4. The summed E-state index contributed by atoms with van der Waals surface area (Å²) in [4.78, 5) is 73.1. The zero-order valence-electron chi connectivity index (χ0n) is 22.5. The molecule has 0 radical (unpaired) electrons. The van der Waals surface area contributed by atoms with Gasteiger partial charge >= 0.3 is 11.9 Å². The maximum Gasteiger partial charge on any atom is 0.330 e. The van der Waals surface area contributed by atoms with E-state index in [0.717, 1.165) is 19.3 Å². The number of nitrogens with two attached hydrogens (primary N) is 1. The third kappa shape index (κ3) is 16.3. The van der Waals surface area contributed by atoms with Gasteiger partial charge in [-0.2, -0.15) is 35.3 Å². The normalized spacial score (nSPS) is 14.0. The number of rotatable bonds is 20. The number of carbonyl (C=O) groups excluding carboxylic acids is 5. The predicted molar refractivity (Wildman–Crippen MR) is 155 cm³/mol. The molecule has 0 aliphatic heterocycles. The molecule has 0 aliphatic carbocycles. The molecule has 0 aromatic heterocycles. The van der Waals surface area contributed by atoms with Crippen molar-refractivity contribution in [2.75, 3.05) is 49.7 Å². The van der Waals surface area contributed by atoms with Crippen LogP contribution >= 0.6 is 35.3 Å². The van der Waals surface area contributed by atoms with E-state index in [0.29, 0.717) is 17.3 Å². The van der Waals surface area contributed by atoms with Crippen molar-refractivity contribution in [3.63, 3.8) is 0 Å². The first-order chi connectivity index (χ1) is 18.5. The molecule has 0 bridgehead atoms. The van der Waals surface area contributed by atoms with Crippen molar-refractivity contribution in [3.8, 4) is 0 Å². The minimum absolute atomic E-state index is 0.227. The van der Waals surface area contributed by atoms with Crippen molar-refractivity contribution in [1.29, 1.82) is 0 Å². The Morgan fingerprint density at radius 1 is 0.769 bits per heavy atom. The van der Waals surface area contributed by atoms with E-state index in [4.69, 9.17) is 5.73 Å². The Morgan fingerprint density at radius 3 is 1.64 bits per heavy atom. The molecular formula is C23H39N5O8S3. The van der Waals surface area contributed by atoms with E-state index in [9.17, 15) is 33.9 Å². The summed E-state index contributed by atoms with van der Waals surface area (Å²) >= 11 is 4.36. The van der Waals surface area contributed by atoms with Gasteiger partial charge in [-0.15, -0.1) is 0 Å². The number of carboxylic acid groups (broad SMARTS) is 1. The first kappa shape index (κ1) is 36.6. The molecule has 4 unspecified atom stereocenters. The summed E-state index contributed by atoms with van der Waals surface area (Å²) in [6.07, 6.45) is 8.05. The smallest absolute Gasteiger partial charge is 0.330 e. The number of thioether (sulfide) groups is 3. The van der Waals surface area contributed by atoms with Gasteiger partial charge in [-0.25, -0.2) is 9.59 Å². The van der Waals surface area contributed by atoms with Crippen LogP contribution in [0, 0.1) is 0 Å². The average Bonchev–Trinajstić information content (AvgIpc) is 2.91. The van der Waals surface area contributed by atoms with Gasteiger partial charge in [-0.3, -0.25) is 19.2 Å². The molecular weight excluding hydrogens is 570 g/mol. The van der Waals surface area contributed by atoms with Crippen LogP contribution in [0.1, 0.15) is 19.3 Å². The zero-order chi connectivity index (χ0) is 29.8. The first-order valence-electron chi connectivity index (χ1n) is 11.9. The minimum Gasteiger partial charge on any atom is -0.480 e. The van der Waals surface area contributed by atoms with E-state index in [2.05, 4.69) is 26.0 Å². The molecule has 4 amide bonds. The molecule has 7 N–H and O–H groups in total. The summed E-state index contributed by atoms with van der Waals surface area (Å²) in [6, 6.07) is -4.33. The molecule has 0 heterocycles. The average molecular weight is 610 g/mol. The lowest BCUT2D eigenvalue weighted by molar-refractivity contribution is -0.142. The maximum absolute atomic E-state index is 13.1. The fourth-order valence-corrected chi connectivity index (χ4v) is 4.31. The van der Waals surface area contributed by atoms with E-state index in [-0.39, 0.29) is 25.8 Å². The monoisotopic (exact) mass is 609 g/mol. The van der Waals surface area contributed by atoms with Crippen molar-refractivity contribution in [1.82, 2.24) is 21.3 Å². The minimum atomic E-state index is -1.20. The third-order valence-electron chi connectivity index (χ3n) is 5.12. The Bertz CT molecular complexity index is 862. The highest BCUT2D eigenvalue weighted by atomic mass is 32.2. The van der Waals surface area contributed by atoms with Crippen LogP contribution in [0.4, 0.5) is 0 Å². The van der Waals surface area contributed by atoms with E-state index < -0.39 is 59.7 Å². The van der Waals surface area contributed by atoms with Crippen LogP contribution < -0.4 is 27.0 Å². The molecule has 222 valence electrons. The van der Waals surface area contributed by atoms with Crippen molar-refractivity contribution in [2.24, 2.45) is 5.73 Å². The number of aliphatic carboxylic acids is 1. The van der Waals surface area contributed by atoms with E-state index >= 15 is 0 Å². The number of hydrogen-bond donors (Lipinski definition) is 6. The summed E-state index contributed by atoms with van der Waals surface area (Å²) in [6.45, 7) is -0.265. The second-order valence-electron chi connectivity index (χ2n) is 8.07. The number of esters is 1. The Balaban J connectivity index is 5.34. The summed E-state index contributed by atoms with van der Waals surface area (Å²) < 4.78 is 4.38. The van der Waals surface area contributed by atoms with Crippen LogP contribution in [0.3, 0.4) is 0 Å². The number of nitrogens with one attached hydrogen (secondary N) is 4. The van der Waals surface area contributed by atoms with Crippen molar-refractivity contribution in [2.45, 2.75) is 43.4 Å². The third-order valence-corrected chi connectivity index (χ3v) is 7.05. The first-order valence-corrected chi connectivity index (χ1v) is 16.1. The van der Waals surface area contributed by atoms with Gasteiger partial charge in [0.2, 0.25) is 23.6 Å². The molecule has 39 heavy (non-hydrogen) atoms. The van der Waals surface area contributed by atoms with Gasteiger partial charge in [0.05, 0.1) is 7.11 Å². The fourth-order valence-electron chi connectivity index (χ4n) is 2.90. The summed E-state index contributed by atoms with van der Waals surface area (Å²) in [5.41, 5.74) is 5.86. The van der Waals surface area contributed by atoms with Crippen LogP contribution in [-0.2, 0) is 33.5 Å². The van der Waals surface area contributed by atoms with Crippen LogP contribution in [0.15, 0.2) is 12.2 Å². The zero-order valence-corrected chi connectivity index (χ0v) is 25.0. The molecule has 0 spiro atoms. The van der Waals surface area contributed by atoms with Crippen molar-refractivity contribution < 1.29 is 38.6 Å². The molecule has 0 fully saturated rings. The number of carboxylic acids is 1. The van der Waals surface area contributed by atoms with Gasteiger partial charge in [0.15, 0.2) is 0 Å². The highest BCUT2D eigenvalue weighted by Crippen LogP contribution is 2.07. The molecule has 13 nitrogen and oxygen atoms in total. The summed E-state index contributed by atoms with van der Waals surface area (Å²) in [7, 11) is 1.16. The molecule has 0 aromatic carbocycles. The van der Waals surface area contributed by atoms with Crippen LogP contribution in [0.25, 0.3) is 0 Å². The van der Waals surface area contributed by atoms with Gasteiger partial charge in [0, 0.05) is 18.7 Å². The van der Waals surface area contributed by atoms with E-state index in [1.807, 2.05) is 18.8 Å². The lowest BCUT2D eigenvalue weighted by Gasteiger charge is -2.25. The van der Waals surface area contributed by atoms with Crippen molar-refractivity contribution >= 4 is 70.9 Å². The Kier molecular flexibility index (Phi) is 20.1. The number of carbonyl (C=O) groups is 6. The fraction of sp³-hybridized carbons (Fsp3) is 0.652. The number of hydrogen-bond acceptors (Lipinski definition) is 11. The predicted octanol–water partition coefficient (Wildman–Crippen LogP) is -1.04. The summed E-state index contributed by atoms with van der Waals surface area (Å²) in [5.74, 6) is -2.94. The molecule has 16 heteroatoms. The lowest BCUT2D eigenvalue weighted by Crippen LogP contribution is -2.58. The van der Waals surface area contributed by atoms with E-state index in [1.165, 1.54) is 35.3 Å². The number of methoxy groups -OCH3 is 1. The van der Waals surface area contributed by atoms with Gasteiger partial charge < -0.3 is 36.8 Å². The molecule has 4 atom stereocenters. The maximum atomic E-state index is 13.1. The van der Waals surface area contributed by atoms with Gasteiger partial charge in [0.25, 0.3) is 0 Å². The standard InChI is InChI=1S/C23H39N5O8S3/c1-36-19(30)6-5-18(29)25-13-14(24)20(31)26-15(7-10-37-2)21(32)27-16(8-11-38-3)22(33)28-17(23(34)35)9-12-39-4/h5-6,14-17H,7-13,24H2,1-4H3,(H,25,29)(H,26,31)(H,27,32)(H,28,33)(H,34,35)/b6-5+. The van der Waals surface area contributed by atoms with E-state index in [1.54, 1.807) is 0 Å². The highest BCUT2D eigenvalue weighted by molar-refractivity contribution is 7.98. The number of ether oxygens (including phenoxy) is 1. The van der Waals surface area contributed by atoms with Gasteiger partial charge in [0.1, 0.15) is 24.2 Å². The quantitative estimate of drug-likeness (QED) is 0.0723. The lowest BCUT2D eigenvalue weighted by atomic mass is 10.1. The molecule has 0 aromatic rings. The van der Waals surface area contributed by atoms with Gasteiger partial charge in [-0.05, 0) is 55.3 Å². The van der Waals surface area contributed by atoms with Gasteiger partial charge in [-0.1, -0.05) is 0 Å². The van der Waals surface area contributed by atoms with Crippen LogP contribution in [0.2, 0.25) is 0 Å². The molecule has 0 rings (SSSR count). The topological polar surface area (TPSA) is 206 Å². The summed E-state index contributed by atoms with van der Waals surface area (Å²) in [5, 5.41) is 19.5.